The molecule has 2 aromatic rings. The van der Waals surface area contributed by atoms with E-state index in [0.717, 1.165) is 5.56 Å². The van der Waals surface area contributed by atoms with Crippen LogP contribution in [-0.4, -0.2) is 17.6 Å². The number of ether oxygens (including phenoxy) is 2. The highest BCUT2D eigenvalue weighted by Crippen LogP contribution is 2.47. The van der Waals surface area contributed by atoms with Gasteiger partial charge in [-0.15, -0.1) is 0 Å². The molecule has 2 N–H and O–H groups in total. The minimum absolute atomic E-state index is 0.117. The Morgan fingerprint density at radius 3 is 2.66 bits per heavy atom. The summed E-state index contributed by atoms with van der Waals surface area (Å²) in [6.45, 7) is 5.86. The highest BCUT2D eigenvalue weighted by molar-refractivity contribution is 5.80. The van der Waals surface area contributed by atoms with Crippen LogP contribution in [0, 0.1) is 22.6 Å². The van der Waals surface area contributed by atoms with E-state index in [2.05, 4.69) is 11.6 Å². The Labute approximate surface area is 186 Å². The fourth-order valence-electron chi connectivity index (χ4n) is 3.16. The van der Waals surface area contributed by atoms with Gasteiger partial charge in [0.05, 0.1) is 0 Å². The van der Waals surface area contributed by atoms with Crippen LogP contribution in [0.15, 0.2) is 72.8 Å². The standard InChI is InChI=1S/C25H24FN3O3/c1-3-20(19-12-21(26)22(13-27)29-14-19)17(2)11-23(28)32-16-25(9-10-25)24(30)31-15-18-7-5-4-6-8-18/h3-8,11-12,14H,1,9-10,15-16,28H2,2H3/b20-17+,23-11+. The van der Waals surface area contributed by atoms with Gasteiger partial charge in [-0.3, -0.25) is 4.79 Å². The lowest BCUT2D eigenvalue weighted by Crippen LogP contribution is -2.25. The second-order valence-electron chi connectivity index (χ2n) is 7.64. The van der Waals surface area contributed by atoms with Crippen LogP contribution in [0.4, 0.5) is 4.39 Å². The summed E-state index contributed by atoms with van der Waals surface area (Å²) < 4.78 is 25.0. The van der Waals surface area contributed by atoms with Gasteiger partial charge in [-0.25, -0.2) is 9.37 Å². The van der Waals surface area contributed by atoms with Gasteiger partial charge in [0.1, 0.15) is 24.7 Å². The normalized spacial score (nSPS) is 15.2. The van der Waals surface area contributed by atoms with Gasteiger partial charge < -0.3 is 15.2 Å². The van der Waals surface area contributed by atoms with E-state index < -0.39 is 11.2 Å². The lowest BCUT2D eigenvalue weighted by Gasteiger charge is -2.16. The molecule has 1 aromatic carbocycles. The van der Waals surface area contributed by atoms with Crippen LogP contribution in [0.3, 0.4) is 0 Å². The average molecular weight is 433 g/mol. The van der Waals surface area contributed by atoms with Gasteiger partial charge in [-0.05, 0) is 42.5 Å². The van der Waals surface area contributed by atoms with E-state index >= 15 is 0 Å². The Bertz CT molecular complexity index is 1110. The number of nitrogens with two attached hydrogens (primary N) is 1. The molecule has 1 aliphatic rings. The summed E-state index contributed by atoms with van der Waals surface area (Å²) in [7, 11) is 0. The average Bonchev–Trinajstić information content (AvgIpc) is 3.59. The number of hydrogen-bond acceptors (Lipinski definition) is 6. The van der Waals surface area contributed by atoms with Crippen molar-refractivity contribution < 1.29 is 18.7 Å². The molecule has 0 saturated heterocycles. The molecule has 7 heteroatoms. The zero-order valence-corrected chi connectivity index (χ0v) is 17.8. The summed E-state index contributed by atoms with van der Waals surface area (Å²) in [5, 5.41) is 8.83. The second kappa shape index (κ2) is 9.92. The highest BCUT2D eigenvalue weighted by Gasteiger charge is 2.52. The van der Waals surface area contributed by atoms with Crippen LogP contribution in [0.25, 0.3) is 5.57 Å². The van der Waals surface area contributed by atoms with Gasteiger partial charge in [-0.1, -0.05) is 43.0 Å². The summed E-state index contributed by atoms with van der Waals surface area (Å²) in [6.07, 6.45) is 5.88. The van der Waals surface area contributed by atoms with Crippen molar-refractivity contribution in [2.45, 2.75) is 26.4 Å². The number of hydrogen-bond donors (Lipinski definition) is 1. The zero-order valence-electron chi connectivity index (χ0n) is 17.8. The molecule has 164 valence electrons. The third-order valence-electron chi connectivity index (χ3n) is 5.26. The van der Waals surface area contributed by atoms with Gasteiger partial charge in [0.25, 0.3) is 0 Å². The minimum Gasteiger partial charge on any atom is -0.478 e. The summed E-state index contributed by atoms with van der Waals surface area (Å²) >= 11 is 0. The number of esters is 1. The summed E-state index contributed by atoms with van der Waals surface area (Å²) in [5.41, 5.74) is 7.70. The predicted molar refractivity (Wildman–Crippen MR) is 118 cm³/mol. The number of allylic oxidation sites excluding steroid dienone is 4. The molecule has 32 heavy (non-hydrogen) atoms. The first-order valence-electron chi connectivity index (χ1n) is 10.1. The van der Waals surface area contributed by atoms with Gasteiger partial charge in [0.15, 0.2) is 17.4 Å². The Balaban J connectivity index is 1.64. The number of benzene rings is 1. The van der Waals surface area contributed by atoms with Crippen molar-refractivity contribution in [3.63, 3.8) is 0 Å². The van der Waals surface area contributed by atoms with Crippen molar-refractivity contribution in [3.05, 3.63) is 95.4 Å². The topological polar surface area (TPSA) is 98.2 Å². The molecule has 0 bridgehead atoms. The lowest BCUT2D eigenvalue weighted by molar-refractivity contribution is -0.153. The molecule has 0 spiro atoms. The van der Waals surface area contributed by atoms with Gasteiger partial charge in [0.2, 0.25) is 0 Å². The van der Waals surface area contributed by atoms with Gasteiger partial charge >= 0.3 is 5.97 Å². The zero-order chi connectivity index (χ0) is 23.1. The molecule has 0 unspecified atom stereocenters. The quantitative estimate of drug-likeness (QED) is 0.358. The predicted octanol–water partition coefficient (Wildman–Crippen LogP) is 4.39. The molecule has 0 radical (unpaired) electrons. The molecule has 1 aliphatic carbocycles. The second-order valence-corrected chi connectivity index (χ2v) is 7.64. The largest absolute Gasteiger partial charge is 0.478 e. The molecular weight excluding hydrogens is 409 g/mol. The summed E-state index contributed by atoms with van der Waals surface area (Å²) in [5.74, 6) is -0.895. The SMILES string of the molecule is C=C/C(=C(C)\C=C(/N)OCC1(C(=O)OCc2ccccc2)CC1)c1cnc(C#N)c(F)c1. The summed E-state index contributed by atoms with van der Waals surface area (Å²) in [6, 6.07) is 12.4. The van der Waals surface area contributed by atoms with Crippen molar-refractivity contribution in [1.82, 2.24) is 4.98 Å². The van der Waals surface area contributed by atoms with Crippen molar-refractivity contribution in [3.8, 4) is 6.07 Å². The Morgan fingerprint density at radius 1 is 1.34 bits per heavy atom. The van der Waals surface area contributed by atoms with Crippen molar-refractivity contribution in [2.24, 2.45) is 11.1 Å². The van der Waals surface area contributed by atoms with E-state index in [-0.39, 0.29) is 30.8 Å². The number of carbonyl (C=O) groups is 1. The van der Waals surface area contributed by atoms with E-state index in [1.165, 1.54) is 12.3 Å². The monoisotopic (exact) mass is 433 g/mol. The smallest absolute Gasteiger partial charge is 0.315 e. The number of rotatable bonds is 9. The van der Waals surface area contributed by atoms with Crippen LogP contribution in [0.5, 0.6) is 0 Å². The first kappa shape index (κ1) is 22.8. The van der Waals surface area contributed by atoms with Crippen molar-refractivity contribution in [2.75, 3.05) is 6.61 Å². The van der Waals surface area contributed by atoms with Crippen LogP contribution in [0.2, 0.25) is 0 Å². The molecule has 1 heterocycles. The van der Waals surface area contributed by atoms with E-state index in [0.29, 0.717) is 29.6 Å². The highest BCUT2D eigenvalue weighted by atomic mass is 19.1. The molecule has 3 rings (SSSR count). The van der Waals surface area contributed by atoms with Gasteiger partial charge in [0, 0.05) is 17.8 Å². The van der Waals surface area contributed by atoms with Crippen LogP contribution in [-0.2, 0) is 20.9 Å². The number of aromatic nitrogens is 1. The molecule has 1 aromatic heterocycles. The van der Waals surface area contributed by atoms with Crippen molar-refractivity contribution in [1.29, 1.82) is 5.26 Å². The molecule has 0 aliphatic heterocycles. The lowest BCUT2D eigenvalue weighted by atomic mass is 10.0. The minimum atomic E-state index is -0.713. The first-order chi connectivity index (χ1) is 15.4. The number of nitrogens with zero attached hydrogens (tertiary/aromatic N) is 2. The Morgan fingerprint density at radius 2 is 2.06 bits per heavy atom. The third kappa shape index (κ3) is 5.41. The molecule has 6 nitrogen and oxygen atoms in total. The fraction of sp³-hybridized carbons (Fsp3) is 0.240. The molecule has 0 atom stereocenters. The molecule has 1 fully saturated rings. The first-order valence-corrected chi connectivity index (χ1v) is 10.1. The maximum Gasteiger partial charge on any atom is 0.315 e. The van der Waals surface area contributed by atoms with E-state index in [1.807, 2.05) is 30.3 Å². The fourth-order valence-corrected chi connectivity index (χ4v) is 3.16. The van der Waals surface area contributed by atoms with Gasteiger partial charge in [-0.2, -0.15) is 5.26 Å². The van der Waals surface area contributed by atoms with E-state index in [1.54, 1.807) is 25.1 Å². The van der Waals surface area contributed by atoms with Crippen LogP contribution >= 0.6 is 0 Å². The number of pyridine rings is 1. The van der Waals surface area contributed by atoms with Crippen LogP contribution < -0.4 is 5.73 Å². The number of carbonyl (C=O) groups excluding carboxylic acids is 1. The molecule has 1 saturated carbocycles. The Kier molecular flexibility index (Phi) is 7.06. The number of halogens is 1. The summed E-state index contributed by atoms with van der Waals surface area (Å²) in [4.78, 5) is 16.3. The molecular formula is C25H24FN3O3. The van der Waals surface area contributed by atoms with Crippen LogP contribution in [0.1, 0.15) is 36.6 Å². The van der Waals surface area contributed by atoms with E-state index in [9.17, 15) is 9.18 Å². The Hall–Kier alpha value is -3.92. The third-order valence-corrected chi connectivity index (χ3v) is 5.26. The molecule has 0 amide bonds. The maximum atomic E-state index is 13.9. The number of nitriles is 1. The van der Waals surface area contributed by atoms with E-state index in [4.69, 9.17) is 20.5 Å². The maximum absolute atomic E-state index is 13.9. The van der Waals surface area contributed by atoms with Crippen molar-refractivity contribution >= 4 is 11.5 Å².